The zero-order valence-corrected chi connectivity index (χ0v) is 22.0. The standard InChI is InChI=1S/C38H23NO2/c1-2-10-25-22-27-23-28(20-19-26(27)21-24(25)9-1)39(33-15-7-13-31-29-11-3-5-17-35(29)40-37(31)33)34-16-8-14-32-30-12-4-6-18-36(30)41-38(32)34/h1-23H. The fourth-order valence-electron chi connectivity index (χ4n) is 6.29. The van der Waals surface area contributed by atoms with Gasteiger partial charge in [-0.3, -0.25) is 0 Å². The summed E-state index contributed by atoms with van der Waals surface area (Å²) >= 11 is 0. The Morgan fingerprint density at radius 3 is 1.46 bits per heavy atom. The van der Waals surface area contributed by atoms with Gasteiger partial charge in [-0.2, -0.15) is 0 Å². The van der Waals surface area contributed by atoms with Crippen LogP contribution in [0.1, 0.15) is 0 Å². The first kappa shape index (κ1) is 22.3. The summed E-state index contributed by atoms with van der Waals surface area (Å²) in [6.07, 6.45) is 0. The van der Waals surface area contributed by atoms with Crippen LogP contribution in [-0.4, -0.2) is 0 Å². The lowest BCUT2D eigenvalue weighted by atomic mass is 10.0. The maximum Gasteiger partial charge on any atom is 0.159 e. The van der Waals surface area contributed by atoms with Gasteiger partial charge >= 0.3 is 0 Å². The zero-order chi connectivity index (χ0) is 26.9. The van der Waals surface area contributed by atoms with Gasteiger partial charge in [-0.05, 0) is 70.1 Å². The van der Waals surface area contributed by atoms with Crippen LogP contribution in [0.15, 0.2) is 148 Å². The summed E-state index contributed by atoms with van der Waals surface area (Å²) in [6.45, 7) is 0. The molecule has 0 fully saturated rings. The van der Waals surface area contributed by atoms with Crippen LogP contribution in [0.25, 0.3) is 65.4 Å². The molecule has 9 aromatic rings. The van der Waals surface area contributed by atoms with Crippen molar-refractivity contribution in [2.75, 3.05) is 4.90 Å². The number of para-hydroxylation sites is 4. The van der Waals surface area contributed by atoms with Crippen molar-refractivity contribution in [2.45, 2.75) is 0 Å². The summed E-state index contributed by atoms with van der Waals surface area (Å²) in [5, 5.41) is 9.24. The van der Waals surface area contributed by atoms with E-state index in [9.17, 15) is 0 Å². The molecule has 0 N–H and O–H groups in total. The van der Waals surface area contributed by atoms with E-state index in [-0.39, 0.29) is 0 Å². The molecule has 0 spiro atoms. The summed E-state index contributed by atoms with van der Waals surface area (Å²) in [5.41, 5.74) is 6.41. The summed E-state index contributed by atoms with van der Waals surface area (Å²) in [6, 6.07) is 49.0. The van der Waals surface area contributed by atoms with Gasteiger partial charge < -0.3 is 13.7 Å². The van der Waals surface area contributed by atoms with Crippen LogP contribution in [0.5, 0.6) is 0 Å². The average Bonchev–Trinajstić information content (AvgIpc) is 3.60. The molecule has 41 heavy (non-hydrogen) atoms. The maximum atomic E-state index is 6.55. The van der Waals surface area contributed by atoms with Crippen LogP contribution in [-0.2, 0) is 0 Å². The molecule has 0 aliphatic carbocycles. The number of fused-ring (bicyclic) bond motifs is 8. The predicted octanol–water partition coefficient (Wildman–Crippen LogP) is 11.3. The summed E-state index contributed by atoms with van der Waals surface area (Å²) in [5.74, 6) is 0. The van der Waals surface area contributed by atoms with Gasteiger partial charge in [-0.1, -0.05) is 91.0 Å². The van der Waals surface area contributed by atoms with E-state index < -0.39 is 0 Å². The highest BCUT2D eigenvalue weighted by Gasteiger charge is 2.23. The maximum absolute atomic E-state index is 6.55. The molecule has 2 aromatic heterocycles. The molecule has 9 rings (SSSR count). The number of nitrogens with zero attached hydrogens (tertiary/aromatic N) is 1. The Morgan fingerprint density at radius 1 is 0.366 bits per heavy atom. The first-order chi connectivity index (χ1) is 20.3. The molecule has 0 aliphatic heterocycles. The predicted molar refractivity (Wildman–Crippen MR) is 171 cm³/mol. The second-order valence-corrected chi connectivity index (χ2v) is 10.6. The summed E-state index contributed by atoms with van der Waals surface area (Å²) in [4.78, 5) is 2.28. The fourth-order valence-corrected chi connectivity index (χ4v) is 6.29. The van der Waals surface area contributed by atoms with Crippen LogP contribution >= 0.6 is 0 Å². The van der Waals surface area contributed by atoms with Crippen molar-refractivity contribution < 1.29 is 8.83 Å². The zero-order valence-electron chi connectivity index (χ0n) is 22.0. The second kappa shape index (κ2) is 8.48. The van der Waals surface area contributed by atoms with Gasteiger partial charge in [-0.15, -0.1) is 0 Å². The van der Waals surface area contributed by atoms with Gasteiger partial charge in [0.2, 0.25) is 0 Å². The number of rotatable bonds is 3. The first-order valence-electron chi connectivity index (χ1n) is 13.9. The Morgan fingerprint density at radius 2 is 0.854 bits per heavy atom. The summed E-state index contributed by atoms with van der Waals surface area (Å²) in [7, 11) is 0. The molecule has 0 aliphatic rings. The molecule has 0 saturated heterocycles. The van der Waals surface area contributed by atoms with E-state index in [0.717, 1.165) is 60.9 Å². The van der Waals surface area contributed by atoms with Crippen LogP contribution in [0, 0.1) is 0 Å². The highest BCUT2D eigenvalue weighted by Crippen LogP contribution is 2.46. The molecule has 0 saturated carbocycles. The van der Waals surface area contributed by atoms with Gasteiger partial charge in [0.25, 0.3) is 0 Å². The Balaban J connectivity index is 1.37. The molecule has 2 heterocycles. The Kier molecular flexibility index (Phi) is 4.61. The average molecular weight is 526 g/mol. The van der Waals surface area contributed by atoms with Gasteiger partial charge in [-0.25, -0.2) is 0 Å². The van der Waals surface area contributed by atoms with Gasteiger partial charge in [0.15, 0.2) is 11.2 Å². The topological polar surface area (TPSA) is 29.5 Å². The van der Waals surface area contributed by atoms with Crippen molar-refractivity contribution in [3.05, 3.63) is 140 Å². The van der Waals surface area contributed by atoms with Crippen LogP contribution in [0.3, 0.4) is 0 Å². The second-order valence-electron chi connectivity index (χ2n) is 10.6. The number of hydrogen-bond acceptors (Lipinski definition) is 3. The molecular weight excluding hydrogens is 502 g/mol. The van der Waals surface area contributed by atoms with E-state index in [0.29, 0.717) is 0 Å². The molecule has 3 heteroatoms. The van der Waals surface area contributed by atoms with Crippen molar-refractivity contribution in [2.24, 2.45) is 0 Å². The van der Waals surface area contributed by atoms with Crippen LogP contribution < -0.4 is 4.90 Å². The third kappa shape index (κ3) is 3.33. The van der Waals surface area contributed by atoms with Gasteiger partial charge in [0.1, 0.15) is 11.2 Å². The molecule has 0 bridgehead atoms. The molecule has 3 nitrogen and oxygen atoms in total. The van der Waals surface area contributed by atoms with Crippen LogP contribution in [0.4, 0.5) is 17.1 Å². The Bertz CT molecular complexity index is 2330. The Hall–Kier alpha value is -5.54. The largest absolute Gasteiger partial charge is 0.454 e. The molecule has 0 amide bonds. The normalized spacial score (nSPS) is 11.9. The molecule has 0 radical (unpaired) electrons. The van der Waals surface area contributed by atoms with E-state index in [1.807, 2.05) is 24.3 Å². The van der Waals surface area contributed by atoms with Crippen molar-refractivity contribution in [3.63, 3.8) is 0 Å². The lowest BCUT2D eigenvalue weighted by molar-refractivity contribution is 0.666. The summed E-state index contributed by atoms with van der Waals surface area (Å²) < 4.78 is 13.1. The molecule has 192 valence electrons. The van der Waals surface area contributed by atoms with Crippen molar-refractivity contribution in [1.29, 1.82) is 0 Å². The quantitative estimate of drug-likeness (QED) is 0.215. The molecular formula is C38H23NO2. The highest BCUT2D eigenvalue weighted by molar-refractivity contribution is 6.14. The van der Waals surface area contributed by atoms with E-state index in [2.05, 4.69) is 120 Å². The Labute approximate surface area is 235 Å². The van der Waals surface area contributed by atoms with Gasteiger partial charge in [0.05, 0.1) is 11.4 Å². The van der Waals surface area contributed by atoms with E-state index in [4.69, 9.17) is 8.83 Å². The number of benzene rings is 7. The lowest BCUT2D eigenvalue weighted by Crippen LogP contribution is -2.10. The fraction of sp³-hybridized carbons (Fsp3) is 0. The van der Waals surface area contributed by atoms with Crippen LogP contribution in [0.2, 0.25) is 0 Å². The molecule has 0 atom stereocenters. The van der Waals surface area contributed by atoms with Crippen molar-refractivity contribution >= 4 is 82.5 Å². The van der Waals surface area contributed by atoms with Crippen molar-refractivity contribution in [3.8, 4) is 0 Å². The minimum Gasteiger partial charge on any atom is -0.454 e. The number of anilines is 3. The lowest BCUT2D eigenvalue weighted by Gasteiger charge is -2.26. The SMILES string of the molecule is c1ccc2cc3cc(N(c4cccc5c4oc4ccccc45)c4cccc5c4oc4ccccc45)ccc3cc2c1. The highest BCUT2D eigenvalue weighted by atomic mass is 16.3. The number of hydrogen-bond donors (Lipinski definition) is 0. The minimum absolute atomic E-state index is 0.848. The van der Waals surface area contributed by atoms with Gasteiger partial charge in [0, 0.05) is 27.2 Å². The molecule has 7 aromatic carbocycles. The molecule has 0 unspecified atom stereocenters. The smallest absolute Gasteiger partial charge is 0.159 e. The first-order valence-corrected chi connectivity index (χ1v) is 13.9. The van der Waals surface area contributed by atoms with E-state index in [1.165, 1.54) is 21.5 Å². The van der Waals surface area contributed by atoms with E-state index >= 15 is 0 Å². The van der Waals surface area contributed by atoms with E-state index in [1.54, 1.807) is 0 Å². The number of furan rings is 2. The third-order valence-corrected chi connectivity index (χ3v) is 8.20. The minimum atomic E-state index is 0.848. The van der Waals surface area contributed by atoms with Crippen molar-refractivity contribution in [1.82, 2.24) is 0 Å². The third-order valence-electron chi connectivity index (χ3n) is 8.20. The monoisotopic (exact) mass is 525 g/mol.